The van der Waals surface area contributed by atoms with Crippen LogP contribution in [-0.2, 0) is 0 Å². The number of carbonyl (C=O) groups is 1. The summed E-state index contributed by atoms with van der Waals surface area (Å²) >= 11 is 0. The second kappa shape index (κ2) is 5.74. The highest BCUT2D eigenvalue weighted by atomic mass is 16.6. The molecule has 0 fully saturated rings. The van der Waals surface area contributed by atoms with Crippen molar-refractivity contribution in [3.8, 4) is 5.69 Å². The van der Waals surface area contributed by atoms with Gasteiger partial charge in [-0.2, -0.15) is 5.10 Å². The molecule has 0 amide bonds. The molecule has 0 radical (unpaired) electrons. The van der Waals surface area contributed by atoms with Gasteiger partial charge in [-0.05, 0) is 12.1 Å². The van der Waals surface area contributed by atoms with Gasteiger partial charge >= 0.3 is 0 Å². The van der Waals surface area contributed by atoms with E-state index in [9.17, 15) is 14.9 Å². The molecule has 0 saturated heterocycles. The molecule has 0 unspecified atom stereocenters. The van der Waals surface area contributed by atoms with Crippen molar-refractivity contribution in [1.82, 2.24) is 9.78 Å². The minimum absolute atomic E-state index is 0.0128. The SMILES string of the molecule is CN=CNc1c(C=O)cnn1-c1ccc([N+](=O)[O-])cc1. The Bertz CT molecular complexity index is 660. The topological polar surface area (TPSA) is 102 Å². The van der Waals surface area contributed by atoms with E-state index in [0.717, 1.165) is 0 Å². The molecular formula is C12H11N5O3. The molecule has 1 N–H and O–H groups in total. The second-order valence-corrected chi connectivity index (χ2v) is 3.78. The van der Waals surface area contributed by atoms with Crippen molar-refractivity contribution in [3.63, 3.8) is 0 Å². The summed E-state index contributed by atoms with van der Waals surface area (Å²) in [6.45, 7) is 0. The maximum atomic E-state index is 11.0. The van der Waals surface area contributed by atoms with E-state index in [4.69, 9.17) is 0 Å². The van der Waals surface area contributed by atoms with Crippen LogP contribution in [0.2, 0.25) is 0 Å². The smallest absolute Gasteiger partial charge is 0.269 e. The third kappa shape index (κ3) is 2.53. The molecule has 8 nitrogen and oxygen atoms in total. The molecular weight excluding hydrogens is 262 g/mol. The second-order valence-electron chi connectivity index (χ2n) is 3.78. The molecule has 2 aromatic rings. The number of benzene rings is 1. The Morgan fingerprint density at radius 2 is 2.10 bits per heavy atom. The Kier molecular flexibility index (Phi) is 3.85. The van der Waals surface area contributed by atoms with Crippen molar-refractivity contribution in [2.24, 2.45) is 4.99 Å². The molecule has 0 atom stereocenters. The number of anilines is 1. The van der Waals surface area contributed by atoms with Crippen molar-refractivity contribution < 1.29 is 9.72 Å². The number of aldehydes is 1. The van der Waals surface area contributed by atoms with Crippen molar-refractivity contribution >= 4 is 24.1 Å². The molecule has 1 heterocycles. The lowest BCUT2D eigenvalue weighted by molar-refractivity contribution is -0.384. The van der Waals surface area contributed by atoms with Gasteiger partial charge in [0.15, 0.2) is 6.29 Å². The van der Waals surface area contributed by atoms with Gasteiger partial charge in [-0.3, -0.25) is 19.9 Å². The van der Waals surface area contributed by atoms with Crippen LogP contribution in [0.4, 0.5) is 11.5 Å². The maximum absolute atomic E-state index is 11.0. The number of aromatic nitrogens is 2. The van der Waals surface area contributed by atoms with Gasteiger partial charge in [0.05, 0.1) is 28.7 Å². The largest absolute Gasteiger partial charge is 0.331 e. The lowest BCUT2D eigenvalue weighted by Gasteiger charge is -2.07. The number of aliphatic imine (C=N–C) groups is 1. The number of hydrogen-bond donors (Lipinski definition) is 1. The first-order valence-electron chi connectivity index (χ1n) is 5.62. The van der Waals surface area contributed by atoms with Gasteiger partial charge in [0.1, 0.15) is 5.82 Å². The average Bonchev–Trinajstić information content (AvgIpc) is 2.88. The fraction of sp³-hybridized carbons (Fsp3) is 0.0833. The first-order chi connectivity index (χ1) is 9.67. The highest BCUT2D eigenvalue weighted by molar-refractivity contribution is 5.88. The van der Waals surface area contributed by atoms with Gasteiger partial charge in [-0.25, -0.2) is 4.68 Å². The Labute approximate surface area is 113 Å². The van der Waals surface area contributed by atoms with Crippen molar-refractivity contribution in [2.75, 3.05) is 12.4 Å². The fourth-order valence-electron chi connectivity index (χ4n) is 1.63. The van der Waals surface area contributed by atoms with Crippen LogP contribution in [0.25, 0.3) is 5.69 Å². The van der Waals surface area contributed by atoms with Gasteiger partial charge in [0, 0.05) is 19.2 Å². The Hall–Kier alpha value is -3.03. The molecule has 0 bridgehead atoms. The van der Waals surface area contributed by atoms with Crippen LogP contribution < -0.4 is 5.32 Å². The van der Waals surface area contributed by atoms with E-state index >= 15 is 0 Å². The van der Waals surface area contributed by atoms with Crippen LogP contribution >= 0.6 is 0 Å². The summed E-state index contributed by atoms with van der Waals surface area (Å²) in [7, 11) is 1.58. The summed E-state index contributed by atoms with van der Waals surface area (Å²) < 4.78 is 1.47. The molecule has 0 aliphatic rings. The van der Waals surface area contributed by atoms with E-state index in [0.29, 0.717) is 23.4 Å². The number of nitro groups is 1. The molecule has 1 aromatic heterocycles. The predicted octanol–water partition coefficient (Wildman–Crippen LogP) is 1.66. The number of nitrogens with zero attached hydrogens (tertiary/aromatic N) is 4. The van der Waals surface area contributed by atoms with Crippen LogP contribution in [-0.4, -0.2) is 34.4 Å². The third-order valence-corrected chi connectivity index (χ3v) is 2.56. The normalized spacial score (nSPS) is 10.7. The first kappa shape index (κ1) is 13.4. The summed E-state index contributed by atoms with van der Waals surface area (Å²) in [6, 6.07) is 5.84. The predicted molar refractivity (Wildman–Crippen MR) is 73.6 cm³/mol. The summed E-state index contributed by atoms with van der Waals surface area (Å²) in [4.78, 5) is 24.9. The van der Waals surface area contributed by atoms with Crippen LogP contribution in [0.5, 0.6) is 0 Å². The molecule has 20 heavy (non-hydrogen) atoms. The van der Waals surface area contributed by atoms with Crippen molar-refractivity contribution in [2.45, 2.75) is 0 Å². The number of nitrogens with one attached hydrogen (secondary N) is 1. The number of nitro benzene ring substituents is 1. The lowest BCUT2D eigenvalue weighted by Crippen LogP contribution is -2.06. The van der Waals surface area contributed by atoms with Crippen molar-refractivity contribution in [3.05, 3.63) is 46.1 Å². The lowest BCUT2D eigenvalue weighted by atomic mass is 10.3. The van der Waals surface area contributed by atoms with E-state index < -0.39 is 4.92 Å². The quantitative estimate of drug-likeness (QED) is 0.293. The summed E-state index contributed by atoms with van der Waals surface area (Å²) in [5.41, 5.74) is 0.945. The molecule has 0 aliphatic carbocycles. The molecule has 2 rings (SSSR count). The molecule has 102 valence electrons. The summed E-state index contributed by atoms with van der Waals surface area (Å²) in [5, 5.41) is 17.5. The minimum Gasteiger partial charge on any atom is -0.331 e. The fourth-order valence-corrected chi connectivity index (χ4v) is 1.63. The Morgan fingerprint density at radius 3 is 2.65 bits per heavy atom. The van der Waals surface area contributed by atoms with Crippen molar-refractivity contribution in [1.29, 1.82) is 0 Å². The number of non-ortho nitro benzene ring substituents is 1. The van der Waals surface area contributed by atoms with E-state index in [2.05, 4.69) is 15.4 Å². The first-order valence-corrected chi connectivity index (χ1v) is 5.62. The highest BCUT2D eigenvalue weighted by Crippen LogP contribution is 2.20. The standard InChI is InChI=1S/C12H11N5O3/c1-13-8-14-12-9(7-18)6-15-16(12)10-2-4-11(5-3-10)17(19)20/h2-8H,1H3,(H,13,14). The monoisotopic (exact) mass is 273 g/mol. The van der Waals surface area contributed by atoms with E-state index in [-0.39, 0.29) is 5.69 Å². The van der Waals surface area contributed by atoms with Gasteiger partial charge in [-0.1, -0.05) is 0 Å². The number of hydrogen-bond acceptors (Lipinski definition) is 5. The van der Waals surface area contributed by atoms with E-state index in [1.807, 2.05) is 0 Å². The molecule has 8 heteroatoms. The zero-order chi connectivity index (χ0) is 14.5. The van der Waals surface area contributed by atoms with Gasteiger partial charge < -0.3 is 5.32 Å². The number of rotatable bonds is 5. The zero-order valence-corrected chi connectivity index (χ0v) is 10.6. The maximum Gasteiger partial charge on any atom is 0.269 e. The number of carbonyl (C=O) groups excluding carboxylic acids is 1. The van der Waals surface area contributed by atoms with Gasteiger partial charge in [0.2, 0.25) is 0 Å². The zero-order valence-electron chi connectivity index (χ0n) is 10.6. The molecule has 1 aromatic carbocycles. The third-order valence-electron chi connectivity index (χ3n) is 2.56. The average molecular weight is 273 g/mol. The van der Waals surface area contributed by atoms with E-state index in [1.54, 1.807) is 19.2 Å². The van der Waals surface area contributed by atoms with Crippen LogP contribution in [0.3, 0.4) is 0 Å². The highest BCUT2D eigenvalue weighted by Gasteiger charge is 2.12. The van der Waals surface area contributed by atoms with E-state index in [1.165, 1.54) is 29.3 Å². The summed E-state index contributed by atoms with van der Waals surface area (Å²) in [5.74, 6) is 0.444. The minimum atomic E-state index is -0.480. The Morgan fingerprint density at radius 1 is 1.40 bits per heavy atom. The van der Waals surface area contributed by atoms with Crippen LogP contribution in [0.15, 0.2) is 35.5 Å². The molecule has 0 aliphatic heterocycles. The molecule has 0 spiro atoms. The Balaban J connectivity index is 2.43. The van der Waals surface area contributed by atoms with Crippen LogP contribution in [0, 0.1) is 10.1 Å². The van der Waals surface area contributed by atoms with Gasteiger partial charge in [-0.15, -0.1) is 0 Å². The molecule has 0 saturated carbocycles. The van der Waals surface area contributed by atoms with Gasteiger partial charge in [0.25, 0.3) is 5.69 Å². The summed E-state index contributed by atoms with van der Waals surface area (Å²) in [6.07, 6.45) is 3.49. The van der Waals surface area contributed by atoms with Crippen LogP contribution in [0.1, 0.15) is 10.4 Å².